The molecule has 3 fully saturated rings. The number of amides is 1. The summed E-state index contributed by atoms with van der Waals surface area (Å²) in [6, 6.07) is 4.39. The summed E-state index contributed by atoms with van der Waals surface area (Å²) in [5.74, 6) is 3.40. The third-order valence-corrected chi connectivity index (χ3v) is 7.29. The van der Waals surface area contributed by atoms with Gasteiger partial charge in [-0.3, -0.25) is 9.59 Å². The van der Waals surface area contributed by atoms with Gasteiger partial charge in [-0.05, 0) is 80.9 Å². The Morgan fingerprint density at radius 2 is 1.94 bits per heavy atom. The van der Waals surface area contributed by atoms with Gasteiger partial charge in [0, 0.05) is 31.8 Å². The van der Waals surface area contributed by atoms with Gasteiger partial charge < -0.3 is 20.1 Å². The number of carboxylic acid groups (broad SMARTS) is 1. The fourth-order valence-corrected chi connectivity index (χ4v) is 5.31. The largest absolute Gasteiger partial charge is 0.483 e. The highest BCUT2D eigenvalue weighted by Crippen LogP contribution is 2.40. The SMILES string of the molecule is Cc1ccnc(N2C[C@H]3C[C@H](OCC4CC4)[C@@H](NC(=O)C4CC=CC4)C[C@H]3C2)c1.O=CO. The standard InChI is InChI=1S/C24H33N3O2.CH2O2/c1-16-8-9-25-23(10-16)27-13-19-11-21(26-24(28)18-4-2-3-5-18)22(12-20(19)14-27)29-15-17-6-7-17;2-1-3/h2-3,8-10,17-22H,4-7,11-15H2,1H3,(H,26,28);1H,(H,2,3)/t19-,20+,21-,22-;/m0./s1. The summed E-state index contributed by atoms with van der Waals surface area (Å²) in [7, 11) is 0. The van der Waals surface area contributed by atoms with Gasteiger partial charge in [0.15, 0.2) is 0 Å². The van der Waals surface area contributed by atoms with E-state index in [1.54, 1.807) is 0 Å². The van der Waals surface area contributed by atoms with Crippen molar-refractivity contribution in [2.75, 3.05) is 24.6 Å². The summed E-state index contributed by atoms with van der Waals surface area (Å²) in [5, 5.41) is 10.3. The zero-order chi connectivity index (χ0) is 22.5. The van der Waals surface area contributed by atoms with Crippen LogP contribution in [-0.4, -0.2) is 54.3 Å². The Morgan fingerprint density at radius 1 is 1.25 bits per heavy atom. The topological polar surface area (TPSA) is 91.8 Å². The van der Waals surface area contributed by atoms with Gasteiger partial charge in [-0.1, -0.05) is 12.2 Å². The van der Waals surface area contributed by atoms with Crippen LogP contribution in [0.25, 0.3) is 0 Å². The predicted octanol–water partition coefficient (Wildman–Crippen LogP) is 3.18. The van der Waals surface area contributed by atoms with E-state index < -0.39 is 0 Å². The number of rotatable bonds is 6. The number of carbonyl (C=O) groups excluding carboxylic acids is 1. The third kappa shape index (κ3) is 5.68. The van der Waals surface area contributed by atoms with Crippen LogP contribution >= 0.6 is 0 Å². The number of fused-ring (bicyclic) bond motifs is 1. The minimum Gasteiger partial charge on any atom is -0.483 e. The Bertz CT molecular complexity index is 817. The van der Waals surface area contributed by atoms with E-state index in [2.05, 4.69) is 46.4 Å². The molecule has 2 saturated carbocycles. The zero-order valence-electron chi connectivity index (χ0n) is 18.9. The molecular formula is C25H35N3O4. The first-order valence-corrected chi connectivity index (χ1v) is 11.9. The molecule has 7 nitrogen and oxygen atoms in total. The number of ether oxygens (including phenoxy) is 1. The van der Waals surface area contributed by atoms with Gasteiger partial charge in [0.2, 0.25) is 5.91 Å². The number of allylic oxidation sites excluding steroid dienone is 2. The molecule has 5 rings (SSSR count). The second-order valence-electron chi connectivity index (χ2n) is 9.76. The average molecular weight is 442 g/mol. The molecule has 0 unspecified atom stereocenters. The third-order valence-electron chi connectivity index (χ3n) is 7.29. The smallest absolute Gasteiger partial charge is 0.290 e. The van der Waals surface area contributed by atoms with Crippen LogP contribution in [0.4, 0.5) is 5.82 Å². The summed E-state index contributed by atoms with van der Waals surface area (Å²) in [6.07, 6.45) is 12.8. The molecule has 1 saturated heterocycles. The molecule has 0 bridgehead atoms. The molecular weight excluding hydrogens is 406 g/mol. The lowest BCUT2D eigenvalue weighted by atomic mass is 9.77. The fraction of sp³-hybridized carbons (Fsp3) is 0.640. The molecule has 32 heavy (non-hydrogen) atoms. The van der Waals surface area contributed by atoms with E-state index >= 15 is 0 Å². The van der Waals surface area contributed by atoms with E-state index in [4.69, 9.17) is 14.6 Å². The van der Waals surface area contributed by atoms with Gasteiger partial charge in [-0.15, -0.1) is 0 Å². The molecule has 0 spiro atoms. The van der Waals surface area contributed by atoms with Crippen molar-refractivity contribution in [1.82, 2.24) is 10.3 Å². The molecule has 7 heteroatoms. The van der Waals surface area contributed by atoms with Crippen molar-refractivity contribution in [2.24, 2.45) is 23.7 Å². The predicted molar refractivity (Wildman–Crippen MR) is 122 cm³/mol. The second kappa shape index (κ2) is 10.5. The van der Waals surface area contributed by atoms with Crippen LogP contribution < -0.4 is 10.2 Å². The molecule has 174 valence electrons. The van der Waals surface area contributed by atoms with E-state index in [0.717, 1.165) is 57.1 Å². The highest BCUT2D eigenvalue weighted by atomic mass is 16.5. The van der Waals surface area contributed by atoms with Crippen LogP contribution in [-0.2, 0) is 14.3 Å². The van der Waals surface area contributed by atoms with Crippen molar-refractivity contribution in [3.05, 3.63) is 36.0 Å². The minimum absolute atomic E-state index is 0.119. The van der Waals surface area contributed by atoms with Crippen molar-refractivity contribution in [3.8, 4) is 0 Å². The van der Waals surface area contributed by atoms with E-state index in [9.17, 15) is 4.79 Å². The molecule has 1 aliphatic heterocycles. The number of hydrogen-bond acceptors (Lipinski definition) is 5. The number of carbonyl (C=O) groups is 2. The first-order valence-electron chi connectivity index (χ1n) is 11.9. The summed E-state index contributed by atoms with van der Waals surface area (Å²) in [6.45, 7) is 4.83. The normalized spacial score (nSPS) is 29.2. The van der Waals surface area contributed by atoms with E-state index in [1.807, 2.05) is 6.20 Å². The van der Waals surface area contributed by atoms with Crippen molar-refractivity contribution in [2.45, 2.75) is 57.6 Å². The molecule has 1 aromatic rings. The Hall–Kier alpha value is -2.41. The van der Waals surface area contributed by atoms with Gasteiger partial charge in [0.25, 0.3) is 6.47 Å². The maximum atomic E-state index is 12.8. The summed E-state index contributed by atoms with van der Waals surface area (Å²) >= 11 is 0. The summed E-state index contributed by atoms with van der Waals surface area (Å²) in [5.41, 5.74) is 1.26. The minimum atomic E-state index is -0.250. The number of nitrogens with one attached hydrogen (secondary N) is 1. The summed E-state index contributed by atoms with van der Waals surface area (Å²) in [4.78, 5) is 28.2. The molecule has 1 amide bonds. The number of aryl methyl sites for hydroxylation is 1. The van der Waals surface area contributed by atoms with Crippen LogP contribution in [0.3, 0.4) is 0 Å². The van der Waals surface area contributed by atoms with Crippen molar-refractivity contribution >= 4 is 18.2 Å². The van der Waals surface area contributed by atoms with Crippen LogP contribution in [0.1, 0.15) is 44.1 Å². The lowest BCUT2D eigenvalue weighted by molar-refractivity contribution is -0.128. The lowest BCUT2D eigenvalue weighted by Crippen LogP contribution is -2.51. The molecule has 2 heterocycles. The molecule has 1 aromatic heterocycles. The highest BCUT2D eigenvalue weighted by Gasteiger charge is 2.44. The van der Waals surface area contributed by atoms with E-state index in [1.165, 1.54) is 18.4 Å². The maximum absolute atomic E-state index is 12.8. The Morgan fingerprint density at radius 3 is 2.59 bits per heavy atom. The maximum Gasteiger partial charge on any atom is 0.290 e. The van der Waals surface area contributed by atoms with Gasteiger partial charge in [-0.25, -0.2) is 4.98 Å². The Labute approximate surface area is 190 Å². The number of aromatic nitrogens is 1. The van der Waals surface area contributed by atoms with Crippen LogP contribution in [0.2, 0.25) is 0 Å². The second-order valence-corrected chi connectivity index (χ2v) is 9.76. The van der Waals surface area contributed by atoms with E-state index in [0.29, 0.717) is 11.8 Å². The van der Waals surface area contributed by atoms with Gasteiger partial charge in [0.1, 0.15) is 5.82 Å². The van der Waals surface area contributed by atoms with Crippen LogP contribution in [0.5, 0.6) is 0 Å². The fourth-order valence-electron chi connectivity index (χ4n) is 5.31. The quantitative estimate of drug-likeness (QED) is 0.520. The summed E-state index contributed by atoms with van der Waals surface area (Å²) < 4.78 is 6.39. The highest BCUT2D eigenvalue weighted by molar-refractivity contribution is 5.79. The molecule has 2 N–H and O–H groups in total. The molecule has 0 aromatic carbocycles. The first-order chi connectivity index (χ1) is 15.6. The first kappa shape index (κ1) is 22.8. The van der Waals surface area contributed by atoms with Gasteiger partial charge >= 0.3 is 0 Å². The van der Waals surface area contributed by atoms with Crippen molar-refractivity contribution in [1.29, 1.82) is 0 Å². The van der Waals surface area contributed by atoms with E-state index in [-0.39, 0.29) is 30.4 Å². The van der Waals surface area contributed by atoms with Crippen LogP contribution in [0.15, 0.2) is 30.5 Å². The number of pyridine rings is 1. The van der Waals surface area contributed by atoms with Gasteiger partial charge in [0.05, 0.1) is 12.1 Å². The molecule has 3 aliphatic carbocycles. The average Bonchev–Trinajstić information content (AvgIpc) is 3.26. The molecule has 4 aliphatic rings. The van der Waals surface area contributed by atoms with Gasteiger partial charge in [-0.2, -0.15) is 0 Å². The van der Waals surface area contributed by atoms with Crippen molar-refractivity contribution in [3.63, 3.8) is 0 Å². The number of anilines is 1. The molecule has 0 radical (unpaired) electrons. The number of nitrogens with zero attached hydrogens (tertiary/aromatic N) is 2. The monoisotopic (exact) mass is 441 g/mol. The Balaban J connectivity index is 0.000000775. The lowest BCUT2D eigenvalue weighted by Gasteiger charge is -2.38. The van der Waals surface area contributed by atoms with Crippen molar-refractivity contribution < 1.29 is 19.4 Å². The Kier molecular flexibility index (Phi) is 7.45. The molecule has 4 atom stereocenters. The zero-order valence-corrected chi connectivity index (χ0v) is 18.9. The van der Waals surface area contributed by atoms with Crippen LogP contribution in [0, 0.1) is 30.6 Å². The number of hydrogen-bond donors (Lipinski definition) is 2.